The minimum Gasteiger partial charge on any atom is -0.483 e. The van der Waals surface area contributed by atoms with Crippen molar-refractivity contribution >= 4 is 21.8 Å². The summed E-state index contributed by atoms with van der Waals surface area (Å²) in [6.07, 6.45) is 0.709. The minimum atomic E-state index is -0.121. The first-order chi connectivity index (χ1) is 8.88. The highest BCUT2D eigenvalue weighted by Gasteiger charge is 2.10. The van der Waals surface area contributed by atoms with Crippen LogP contribution in [0.1, 0.15) is 26.3 Å². The lowest BCUT2D eigenvalue weighted by Gasteiger charge is -2.14. The monoisotopic (exact) mass is 328 g/mol. The van der Waals surface area contributed by atoms with E-state index in [9.17, 15) is 4.79 Å². The van der Waals surface area contributed by atoms with Crippen LogP contribution in [0.25, 0.3) is 0 Å². The van der Waals surface area contributed by atoms with Gasteiger partial charge in [-0.3, -0.25) is 4.79 Å². The van der Waals surface area contributed by atoms with Crippen molar-refractivity contribution in [1.29, 1.82) is 0 Å². The Hall–Kier alpha value is -1.07. The Morgan fingerprint density at radius 3 is 2.68 bits per heavy atom. The molecule has 5 heteroatoms. The van der Waals surface area contributed by atoms with E-state index >= 15 is 0 Å². The van der Waals surface area contributed by atoms with Crippen molar-refractivity contribution < 1.29 is 9.53 Å². The van der Waals surface area contributed by atoms with Crippen LogP contribution in [0.3, 0.4) is 0 Å². The lowest BCUT2D eigenvalue weighted by Crippen LogP contribution is -2.34. The fourth-order valence-corrected chi connectivity index (χ4v) is 2.11. The smallest absolute Gasteiger partial charge is 0.258 e. The average molecular weight is 329 g/mol. The Labute approximate surface area is 122 Å². The standard InChI is InChI=1S/C14H21BrN2O2/c1-9(2)17-14(18)8-19-13-5-4-12(15)7-11(13)6-10(3)16/h4-5,7,9-10H,6,8,16H2,1-3H3,(H,17,18). The van der Waals surface area contributed by atoms with E-state index in [2.05, 4.69) is 21.2 Å². The van der Waals surface area contributed by atoms with Crippen molar-refractivity contribution in [3.8, 4) is 5.75 Å². The molecule has 0 heterocycles. The number of ether oxygens (including phenoxy) is 1. The van der Waals surface area contributed by atoms with Crippen molar-refractivity contribution in [2.45, 2.75) is 39.3 Å². The maximum Gasteiger partial charge on any atom is 0.258 e. The van der Waals surface area contributed by atoms with Gasteiger partial charge in [0.05, 0.1) is 0 Å². The van der Waals surface area contributed by atoms with Gasteiger partial charge in [-0.15, -0.1) is 0 Å². The topological polar surface area (TPSA) is 64.3 Å². The van der Waals surface area contributed by atoms with E-state index in [1.165, 1.54) is 0 Å². The molecule has 1 atom stereocenters. The van der Waals surface area contributed by atoms with E-state index in [1.807, 2.05) is 39.0 Å². The molecule has 0 fully saturated rings. The molecular weight excluding hydrogens is 308 g/mol. The molecule has 0 bridgehead atoms. The zero-order valence-electron chi connectivity index (χ0n) is 11.6. The molecule has 19 heavy (non-hydrogen) atoms. The summed E-state index contributed by atoms with van der Waals surface area (Å²) in [4.78, 5) is 11.6. The summed E-state index contributed by atoms with van der Waals surface area (Å²) < 4.78 is 6.54. The summed E-state index contributed by atoms with van der Waals surface area (Å²) in [6.45, 7) is 5.79. The normalized spacial score (nSPS) is 12.3. The number of nitrogens with one attached hydrogen (secondary N) is 1. The molecule has 106 valence electrons. The largest absolute Gasteiger partial charge is 0.483 e. The Balaban J connectivity index is 2.69. The number of rotatable bonds is 6. The zero-order chi connectivity index (χ0) is 14.4. The Morgan fingerprint density at radius 2 is 2.11 bits per heavy atom. The number of nitrogens with two attached hydrogens (primary N) is 1. The van der Waals surface area contributed by atoms with E-state index in [1.54, 1.807) is 0 Å². The van der Waals surface area contributed by atoms with Gasteiger partial charge in [0.15, 0.2) is 6.61 Å². The minimum absolute atomic E-state index is 0.0196. The van der Waals surface area contributed by atoms with Crippen LogP contribution in [0.5, 0.6) is 5.75 Å². The van der Waals surface area contributed by atoms with E-state index in [0.29, 0.717) is 12.2 Å². The molecule has 0 spiro atoms. The summed E-state index contributed by atoms with van der Waals surface area (Å²) >= 11 is 3.42. The van der Waals surface area contributed by atoms with Crippen molar-refractivity contribution in [2.24, 2.45) is 5.73 Å². The molecule has 0 aliphatic rings. The molecule has 0 saturated carbocycles. The van der Waals surface area contributed by atoms with Gasteiger partial charge in [-0.05, 0) is 51.0 Å². The molecule has 1 aromatic carbocycles. The van der Waals surface area contributed by atoms with Crippen LogP contribution in [-0.4, -0.2) is 24.6 Å². The van der Waals surface area contributed by atoms with Gasteiger partial charge >= 0.3 is 0 Å². The van der Waals surface area contributed by atoms with Gasteiger partial charge in [0.1, 0.15) is 5.75 Å². The second-order valence-electron chi connectivity index (χ2n) is 4.94. The number of amides is 1. The maximum atomic E-state index is 11.6. The highest BCUT2D eigenvalue weighted by atomic mass is 79.9. The van der Waals surface area contributed by atoms with Crippen molar-refractivity contribution in [1.82, 2.24) is 5.32 Å². The fraction of sp³-hybridized carbons (Fsp3) is 0.500. The van der Waals surface area contributed by atoms with E-state index in [0.717, 1.165) is 10.0 Å². The van der Waals surface area contributed by atoms with E-state index in [-0.39, 0.29) is 24.6 Å². The maximum absolute atomic E-state index is 11.6. The quantitative estimate of drug-likeness (QED) is 0.841. The summed E-state index contributed by atoms with van der Waals surface area (Å²) in [5, 5.41) is 2.79. The van der Waals surface area contributed by atoms with Crippen LogP contribution in [0.15, 0.2) is 22.7 Å². The molecule has 4 nitrogen and oxygen atoms in total. The molecule has 1 aromatic rings. The molecule has 0 saturated heterocycles. The molecule has 1 rings (SSSR count). The molecule has 0 aromatic heterocycles. The van der Waals surface area contributed by atoms with Gasteiger partial charge < -0.3 is 15.8 Å². The average Bonchev–Trinajstić information content (AvgIpc) is 2.26. The molecule has 1 amide bonds. The van der Waals surface area contributed by atoms with Crippen LogP contribution < -0.4 is 15.8 Å². The number of benzene rings is 1. The van der Waals surface area contributed by atoms with Gasteiger partial charge in [0.25, 0.3) is 5.91 Å². The first-order valence-electron chi connectivity index (χ1n) is 6.34. The second kappa shape index (κ2) is 7.50. The Morgan fingerprint density at radius 1 is 1.42 bits per heavy atom. The van der Waals surface area contributed by atoms with Gasteiger partial charge in [-0.1, -0.05) is 15.9 Å². The first-order valence-corrected chi connectivity index (χ1v) is 7.14. The second-order valence-corrected chi connectivity index (χ2v) is 5.86. The molecular formula is C14H21BrN2O2. The van der Waals surface area contributed by atoms with Crippen molar-refractivity contribution in [3.05, 3.63) is 28.2 Å². The predicted octanol–water partition coefficient (Wildman–Crippen LogP) is 2.24. The fourth-order valence-electron chi connectivity index (χ4n) is 1.70. The van der Waals surface area contributed by atoms with Gasteiger partial charge in [-0.25, -0.2) is 0 Å². The van der Waals surface area contributed by atoms with Crippen molar-refractivity contribution in [2.75, 3.05) is 6.61 Å². The molecule has 0 aliphatic carbocycles. The number of hydrogen-bond acceptors (Lipinski definition) is 3. The van der Waals surface area contributed by atoms with Gasteiger partial charge in [0, 0.05) is 16.6 Å². The molecule has 3 N–H and O–H groups in total. The van der Waals surface area contributed by atoms with Crippen LogP contribution in [0.4, 0.5) is 0 Å². The number of carbonyl (C=O) groups is 1. The Kier molecular flexibility index (Phi) is 6.31. The summed E-state index contributed by atoms with van der Waals surface area (Å²) in [5.41, 5.74) is 6.82. The van der Waals surface area contributed by atoms with Crippen LogP contribution in [-0.2, 0) is 11.2 Å². The van der Waals surface area contributed by atoms with Crippen LogP contribution >= 0.6 is 15.9 Å². The van der Waals surface area contributed by atoms with Gasteiger partial charge in [0.2, 0.25) is 0 Å². The number of halogens is 1. The lowest BCUT2D eigenvalue weighted by atomic mass is 10.1. The predicted molar refractivity (Wildman–Crippen MR) is 80.3 cm³/mol. The zero-order valence-corrected chi connectivity index (χ0v) is 13.2. The van der Waals surface area contributed by atoms with Gasteiger partial charge in [-0.2, -0.15) is 0 Å². The summed E-state index contributed by atoms with van der Waals surface area (Å²) in [5.74, 6) is 0.587. The van der Waals surface area contributed by atoms with Crippen LogP contribution in [0, 0.1) is 0 Å². The first kappa shape index (κ1) is 16.0. The third-order valence-electron chi connectivity index (χ3n) is 2.37. The highest BCUT2D eigenvalue weighted by Crippen LogP contribution is 2.24. The van der Waals surface area contributed by atoms with E-state index < -0.39 is 0 Å². The van der Waals surface area contributed by atoms with Crippen molar-refractivity contribution in [3.63, 3.8) is 0 Å². The molecule has 0 radical (unpaired) electrons. The number of hydrogen-bond donors (Lipinski definition) is 2. The summed E-state index contributed by atoms with van der Waals surface area (Å²) in [7, 11) is 0. The third-order valence-corrected chi connectivity index (χ3v) is 2.87. The summed E-state index contributed by atoms with van der Waals surface area (Å²) in [6, 6.07) is 5.87. The molecule has 1 unspecified atom stereocenters. The Bertz CT molecular complexity index is 433. The SMILES string of the molecule is CC(N)Cc1cc(Br)ccc1OCC(=O)NC(C)C. The third kappa shape index (κ3) is 6.07. The lowest BCUT2D eigenvalue weighted by molar-refractivity contribution is -0.123. The number of carbonyl (C=O) groups excluding carboxylic acids is 1. The highest BCUT2D eigenvalue weighted by molar-refractivity contribution is 9.10. The van der Waals surface area contributed by atoms with Crippen LogP contribution in [0.2, 0.25) is 0 Å². The molecule has 0 aliphatic heterocycles. The van der Waals surface area contributed by atoms with E-state index in [4.69, 9.17) is 10.5 Å².